The van der Waals surface area contributed by atoms with E-state index in [0.29, 0.717) is 23.7 Å². The van der Waals surface area contributed by atoms with Crippen molar-refractivity contribution in [1.29, 1.82) is 0 Å². The van der Waals surface area contributed by atoms with Gasteiger partial charge in [-0.05, 0) is 18.6 Å². The van der Waals surface area contributed by atoms with E-state index in [0.717, 1.165) is 6.42 Å². The van der Waals surface area contributed by atoms with Crippen LogP contribution in [0.25, 0.3) is 0 Å². The highest BCUT2D eigenvalue weighted by Crippen LogP contribution is 2.32. The number of hydrogen-bond acceptors (Lipinski definition) is 4. The predicted molar refractivity (Wildman–Crippen MR) is 64.6 cm³/mol. The Morgan fingerprint density at radius 1 is 1.41 bits per heavy atom. The number of benzene rings is 1. The molecule has 0 atom stereocenters. The van der Waals surface area contributed by atoms with E-state index in [9.17, 15) is 14.9 Å². The van der Waals surface area contributed by atoms with Gasteiger partial charge in [0.2, 0.25) is 0 Å². The van der Waals surface area contributed by atoms with Crippen LogP contribution in [0, 0.1) is 10.1 Å². The van der Waals surface area contributed by atoms with Gasteiger partial charge in [-0.2, -0.15) is 0 Å². The molecule has 1 heterocycles. The molecule has 0 spiro atoms. The van der Waals surface area contributed by atoms with E-state index in [4.69, 9.17) is 11.6 Å². The van der Waals surface area contributed by atoms with Crippen LogP contribution in [-0.4, -0.2) is 23.8 Å². The number of anilines is 1. The van der Waals surface area contributed by atoms with Crippen molar-refractivity contribution in [2.75, 3.05) is 18.0 Å². The second-order valence-electron chi connectivity index (χ2n) is 3.95. The first-order valence-electron chi connectivity index (χ1n) is 5.28. The van der Waals surface area contributed by atoms with Crippen LogP contribution in [0.3, 0.4) is 0 Å². The minimum Gasteiger partial charge on any atom is -0.359 e. The fourth-order valence-corrected chi connectivity index (χ4v) is 2.12. The molecule has 0 radical (unpaired) electrons. The van der Waals surface area contributed by atoms with E-state index in [1.165, 1.54) is 6.07 Å². The topological polar surface area (TPSA) is 63.5 Å². The molecule has 0 N–H and O–H groups in total. The molecule has 1 aromatic rings. The minimum absolute atomic E-state index is 0.0489. The van der Waals surface area contributed by atoms with Gasteiger partial charge in [0, 0.05) is 24.1 Å². The Bertz CT molecular complexity index is 476. The third-order valence-corrected chi connectivity index (χ3v) is 2.96. The molecule has 1 aliphatic rings. The molecule has 0 saturated carbocycles. The number of hydrogen-bond donors (Lipinski definition) is 0. The molecule has 0 aromatic heterocycles. The maximum absolute atomic E-state index is 11.4. The molecule has 2 rings (SSSR count). The molecular weight excluding hydrogens is 244 g/mol. The number of nitro groups is 1. The minimum atomic E-state index is -0.472. The number of carbonyl (C=O) groups is 1. The van der Waals surface area contributed by atoms with E-state index in [1.807, 2.05) is 0 Å². The van der Waals surface area contributed by atoms with Crippen LogP contribution in [-0.2, 0) is 4.79 Å². The fourth-order valence-electron chi connectivity index (χ4n) is 1.95. The Morgan fingerprint density at radius 3 is 2.82 bits per heavy atom. The van der Waals surface area contributed by atoms with Gasteiger partial charge in [0.25, 0.3) is 5.69 Å². The molecule has 1 fully saturated rings. The molecule has 0 bridgehead atoms. The first-order valence-corrected chi connectivity index (χ1v) is 5.66. The lowest BCUT2D eigenvalue weighted by atomic mass is 10.1. The molecule has 1 aromatic carbocycles. The van der Waals surface area contributed by atoms with E-state index >= 15 is 0 Å². The Hall–Kier alpha value is -1.62. The first kappa shape index (κ1) is 11.9. The third kappa shape index (κ3) is 2.55. The number of Topliss-reactive ketones (excluding diaryl/α,β-unsaturated/α-hetero) is 1. The van der Waals surface area contributed by atoms with Crippen molar-refractivity contribution in [3.05, 3.63) is 33.3 Å². The molecular formula is C11H11ClN2O3. The maximum atomic E-state index is 11.4. The van der Waals surface area contributed by atoms with Gasteiger partial charge in [-0.25, -0.2) is 0 Å². The normalized spacial score (nSPS) is 16.1. The lowest BCUT2D eigenvalue weighted by Crippen LogP contribution is -2.35. The van der Waals surface area contributed by atoms with Crippen molar-refractivity contribution >= 4 is 28.8 Å². The summed E-state index contributed by atoms with van der Waals surface area (Å²) in [5, 5.41) is 11.3. The van der Waals surface area contributed by atoms with Crippen molar-refractivity contribution in [1.82, 2.24) is 0 Å². The van der Waals surface area contributed by atoms with Crippen LogP contribution in [0.5, 0.6) is 0 Å². The van der Waals surface area contributed by atoms with Crippen molar-refractivity contribution in [3.8, 4) is 0 Å². The molecule has 90 valence electrons. The smallest absolute Gasteiger partial charge is 0.294 e. The molecule has 0 unspecified atom stereocenters. The Labute approximate surface area is 103 Å². The first-order chi connectivity index (χ1) is 8.08. The molecule has 0 amide bonds. The molecule has 0 aliphatic carbocycles. The summed E-state index contributed by atoms with van der Waals surface area (Å²) in [4.78, 5) is 23.6. The fraction of sp³-hybridized carbons (Fsp3) is 0.364. The standard InChI is InChI=1S/C11H11ClN2O3/c12-8-3-4-10(11(6-8)14(16)17)13-5-1-2-9(15)7-13/h3-4,6H,1-2,5,7H2. The lowest BCUT2D eigenvalue weighted by molar-refractivity contribution is -0.384. The number of ketones is 1. The zero-order valence-electron chi connectivity index (χ0n) is 9.06. The highest BCUT2D eigenvalue weighted by atomic mass is 35.5. The van der Waals surface area contributed by atoms with Gasteiger partial charge in [0.1, 0.15) is 5.69 Å². The van der Waals surface area contributed by atoms with Crippen molar-refractivity contribution in [2.45, 2.75) is 12.8 Å². The molecule has 6 heteroatoms. The second-order valence-corrected chi connectivity index (χ2v) is 4.39. The third-order valence-electron chi connectivity index (χ3n) is 2.73. The summed E-state index contributed by atoms with van der Waals surface area (Å²) in [5.74, 6) is 0.112. The highest BCUT2D eigenvalue weighted by molar-refractivity contribution is 6.30. The van der Waals surface area contributed by atoms with E-state index < -0.39 is 4.92 Å². The summed E-state index contributed by atoms with van der Waals surface area (Å²) >= 11 is 5.74. The van der Waals surface area contributed by atoms with Gasteiger partial charge in [0.05, 0.1) is 11.5 Å². The zero-order valence-corrected chi connectivity index (χ0v) is 9.81. The van der Waals surface area contributed by atoms with Gasteiger partial charge in [0.15, 0.2) is 5.78 Å². The zero-order chi connectivity index (χ0) is 12.4. The quantitative estimate of drug-likeness (QED) is 0.601. The van der Waals surface area contributed by atoms with Gasteiger partial charge in [-0.15, -0.1) is 0 Å². The van der Waals surface area contributed by atoms with Gasteiger partial charge >= 0.3 is 0 Å². The number of halogens is 1. The van der Waals surface area contributed by atoms with Gasteiger partial charge in [-0.1, -0.05) is 11.6 Å². The van der Waals surface area contributed by atoms with Crippen LogP contribution in [0.2, 0.25) is 5.02 Å². The van der Waals surface area contributed by atoms with Gasteiger partial charge in [-0.3, -0.25) is 14.9 Å². The van der Waals surface area contributed by atoms with Crippen LogP contribution in [0.15, 0.2) is 18.2 Å². The number of rotatable bonds is 2. The second kappa shape index (κ2) is 4.71. The Kier molecular flexibility index (Phi) is 3.28. The van der Waals surface area contributed by atoms with Crippen molar-refractivity contribution < 1.29 is 9.72 Å². The Balaban J connectivity index is 2.37. The van der Waals surface area contributed by atoms with Crippen molar-refractivity contribution in [2.24, 2.45) is 0 Å². The average molecular weight is 255 g/mol. The highest BCUT2D eigenvalue weighted by Gasteiger charge is 2.24. The predicted octanol–water partition coefficient (Wildman–Crippen LogP) is 2.42. The SMILES string of the molecule is O=C1CCCN(c2ccc(Cl)cc2[N+](=O)[O-])C1. The summed E-state index contributed by atoms with van der Waals surface area (Å²) in [6.07, 6.45) is 1.29. The molecule has 17 heavy (non-hydrogen) atoms. The van der Waals surface area contributed by atoms with Crippen LogP contribution >= 0.6 is 11.6 Å². The van der Waals surface area contributed by atoms with Crippen molar-refractivity contribution in [3.63, 3.8) is 0 Å². The summed E-state index contributed by atoms with van der Waals surface area (Å²) in [6.45, 7) is 0.899. The molecule has 5 nitrogen and oxygen atoms in total. The number of nitro benzene ring substituents is 1. The Morgan fingerprint density at radius 2 is 2.18 bits per heavy atom. The van der Waals surface area contributed by atoms with Crippen LogP contribution < -0.4 is 4.90 Å². The average Bonchev–Trinajstić information content (AvgIpc) is 2.28. The summed E-state index contributed by atoms with van der Waals surface area (Å²) in [6, 6.07) is 4.51. The summed E-state index contributed by atoms with van der Waals surface area (Å²) < 4.78 is 0. The number of piperidine rings is 1. The number of carbonyl (C=O) groups excluding carboxylic acids is 1. The van der Waals surface area contributed by atoms with Crippen LogP contribution in [0.1, 0.15) is 12.8 Å². The van der Waals surface area contributed by atoms with Crippen LogP contribution in [0.4, 0.5) is 11.4 Å². The summed E-state index contributed by atoms with van der Waals surface area (Å²) in [7, 11) is 0. The van der Waals surface area contributed by atoms with E-state index in [1.54, 1.807) is 17.0 Å². The largest absolute Gasteiger partial charge is 0.359 e. The monoisotopic (exact) mass is 254 g/mol. The van der Waals surface area contributed by atoms with E-state index in [-0.39, 0.29) is 18.0 Å². The lowest BCUT2D eigenvalue weighted by Gasteiger charge is -2.27. The van der Waals surface area contributed by atoms with E-state index in [2.05, 4.69) is 0 Å². The maximum Gasteiger partial charge on any atom is 0.294 e. The number of nitrogens with zero attached hydrogens (tertiary/aromatic N) is 2. The molecule has 1 saturated heterocycles. The summed E-state index contributed by atoms with van der Waals surface area (Å²) in [5.41, 5.74) is 0.416. The van der Waals surface area contributed by atoms with Gasteiger partial charge < -0.3 is 4.90 Å². The molecule has 1 aliphatic heterocycles.